The first kappa shape index (κ1) is 12.9. The van der Waals surface area contributed by atoms with Gasteiger partial charge in [0.25, 0.3) is 0 Å². The molecule has 0 aliphatic heterocycles. The highest BCUT2D eigenvalue weighted by atomic mass is 79.9. The summed E-state index contributed by atoms with van der Waals surface area (Å²) in [5.41, 5.74) is 2.58. The van der Waals surface area contributed by atoms with Gasteiger partial charge in [-0.15, -0.1) is 0 Å². The first-order chi connectivity index (χ1) is 8.06. The molecule has 0 fully saturated rings. The van der Waals surface area contributed by atoms with E-state index in [1.165, 1.54) is 11.1 Å². The Bertz CT molecular complexity index is 557. The molecule has 0 bridgehead atoms. The molecule has 2 aromatic rings. The Labute approximate surface area is 119 Å². The van der Waals surface area contributed by atoms with Crippen molar-refractivity contribution in [3.05, 3.63) is 51.1 Å². The number of aromatic nitrogens is 1. The first-order valence-electron chi connectivity index (χ1n) is 5.12. The van der Waals surface area contributed by atoms with Gasteiger partial charge in [0.15, 0.2) is 0 Å². The molecule has 0 saturated carbocycles. The van der Waals surface area contributed by atoms with E-state index in [1.54, 1.807) is 18.0 Å². The van der Waals surface area contributed by atoms with E-state index in [9.17, 15) is 0 Å². The maximum atomic E-state index is 6.14. The molecule has 88 valence electrons. The Kier molecular flexibility index (Phi) is 4.13. The molecule has 1 aromatic heterocycles. The van der Waals surface area contributed by atoms with Crippen LogP contribution in [0.25, 0.3) is 0 Å². The molecule has 1 nitrogen and oxygen atoms in total. The molecule has 17 heavy (non-hydrogen) atoms. The van der Waals surface area contributed by atoms with Crippen LogP contribution in [-0.4, -0.2) is 4.98 Å². The minimum Gasteiger partial charge on any atom is -0.247 e. The van der Waals surface area contributed by atoms with Crippen LogP contribution in [0.3, 0.4) is 0 Å². The lowest BCUT2D eigenvalue weighted by Crippen LogP contribution is -1.84. The number of halogens is 2. The lowest BCUT2D eigenvalue weighted by molar-refractivity contribution is 1.12. The summed E-state index contributed by atoms with van der Waals surface area (Å²) in [6, 6.07) is 8.22. The number of hydrogen-bond donors (Lipinski definition) is 0. The van der Waals surface area contributed by atoms with Gasteiger partial charge in [0, 0.05) is 15.6 Å². The van der Waals surface area contributed by atoms with Crippen LogP contribution >= 0.6 is 39.3 Å². The molecule has 2 rings (SSSR count). The second-order valence-electron chi connectivity index (χ2n) is 3.79. The highest BCUT2D eigenvalue weighted by Gasteiger charge is 2.05. The van der Waals surface area contributed by atoms with Crippen molar-refractivity contribution in [3.8, 4) is 0 Å². The van der Waals surface area contributed by atoms with Gasteiger partial charge in [-0.05, 0) is 59.1 Å². The number of rotatable bonds is 2. The van der Waals surface area contributed by atoms with Gasteiger partial charge in [0.2, 0.25) is 0 Å². The van der Waals surface area contributed by atoms with Crippen LogP contribution in [0.4, 0.5) is 0 Å². The van der Waals surface area contributed by atoms with E-state index < -0.39 is 0 Å². The highest BCUT2D eigenvalue weighted by molar-refractivity contribution is 9.10. The molecule has 0 spiro atoms. The van der Waals surface area contributed by atoms with Crippen molar-refractivity contribution in [2.75, 3.05) is 0 Å². The van der Waals surface area contributed by atoms with Crippen molar-refractivity contribution in [2.24, 2.45) is 0 Å². The molecular weight excluding hydrogens is 318 g/mol. The second kappa shape index (κ2) is 5.42. The maximum Gasteiger partial charge on any atom is 0.119 e. The summed E-state index contributed by atoms with van der Waals surface area (Å²) in [5.74, 6) is 0. The van der Waals surface area contributed by atoms with Gasteiger partial charge in [-0.2, -0.15) is 0 Å². The predicted octanol–water partition coefficient (Wildman–Crippen LogP) is 5.27. The highest BCUT2D eigenvalue weighted by Crippen LogP contribution is 2.33. The summed E-state index contributed by atoms with van der Waals surface area (Å²) in [7, 11) is 0. The van der Waals surface area contributed by atoms with Crippen LogP contribution in [0.15, 0.2) is 44.9 Å². The van der Waals surface area contributed by atoms with Gasteiger partial charge < -0.3 is 0 Å². The first-order valence-corrected chi connectivity index (χ1v) is 7.11. The van der Waals surface area contributed by atoms with Crippen LogP contribution in [0.1, 0.15) is 11.1 Å². The van der Waals surface area contributed by atoms with Gasteiger partial charge in [0.05, 0.1) is 5.02 Å². The molecule has 0 aliphatic carbocycles. The zero-order chi connectivity index (χ0) is 12.4. The van der Waals surface area contributed by atoms with Gasteiger partial charge >= 0.3 is 0 Å². The molecule has 1 aromatic carbocycles. The van der Waals surface area contributed by atoms with E-state index in [-0.39, 0.29) is 0 Å². The fourth-order valence-corrected chi connectivity index (χ4v) is 2.97. The van der Waals surface area contributed by atoms with Crippen LogP contribution < -0.4 is 0 Å². The Hall–Kier alpha value is -0.510. The zero-order valence-electron chi connectivity index (χ0n) is 9.50. The average molecular weight is 329 g/mol. The van der Waals surface area contributed by atoms with Crippen LogP contribution in [0.2, 0.25) is 5.02 Å². The maximum absolute atomic E-state index is 6.14. The fourth-order valence-electron chi connectivity index (χ4n) is 1.37. The number of pyridine rings is 1. The Balaban J connectivity index is 2.28. The van der Waals surface area contributed by atoms with Gasteiger partial charge in [-0.25, -0.2) is 4.98 Å². The number of aryl methyl sites for hydroxylation is 2. The third kappa shape index (κ3) is 3.24. The normalized spacial score (nSPS) is 10.6. The predicted molar refractivity (Wildman–Crippen MR) is 77.0 cm³/mol. The average Bonchev–Trinajstić information content (AvgIpc) is 2.27. The van der Waals surface area contributed by atoms with E-state index >= 15 is 0 Å². The smallest absolute Gasteiger partial charge is 0.119 e. The SMILES string of the molecule is Cc1ccc(Sc2ncc(Br)cc2Cl)cc1C. The Morgan fingerprint density at radius 2 is 1.94 bits per heavy atom. The summed E-state index contributed by atoms with van der Waals surface area (Å²) in [6.45, 7) is 4.21. The lowest BCUT2D eigenvalue weighted by atomic mass is 10.1. The molecule has 0 aliphatic rings. The molecule has 0 atom stereocenters. The molecule has 0 saturated heterocycles. The second-order valence-corrected chi connectivity index (χ2v) is 6.17. The standard InChI is InChI=1S/C13H11BrClNS/c1-8-3-4-11(5-9(8)2)17-13-12(15)6-10(14)7-16-13/h3-7H,1-2H3. The zero-order valence-corrected chi connectivity index (χ0v) is 12.7. The van der Waals surface area contributed by atoms with Gasteiger partial charge in [-0.3, -0.25) is 0 Å². The number of hydrogen-bond acceptors (Lipinski definition) is 2. The molecule has 1 heterocycles. The third-order valence-electron chi connectivity index (χ3n) is 2.47. The Morgan fingerprint density at radius 1 is 1.18 bits per heavy atom. The molecule has 4 heteroatoms. The molecule has 0 radical (unpaired) electrons. The van der Waals surface area contributed by atoms with E-state index in [1.807, 2.05) is 6.07 Å². The lowest BCUT2D eigenvalue weighted by Gasteiger charge is -2.06. The molecule has 0 amide bonds. The van der Waals surface area contributed by atoms with E-state index in [0.29, 0.717) is 5.02 Å². The summed E-state index contributed by atoms with van der Waals surface area (Å²) in [4.78, 5) is 5.47. The van der Waals surface area contributed by atoms with E-state index in [0.717, 1.165) is 14.4 Å². The van der Waals surface area contributed by atoms with Crippen molar-refractivity contribution < 1.29 is 0 Å². The van der Waals surface area contributed by atoms with Crippen LogP contribution in [0, 0.1) is 13.8 Å². The summed E-state index contributed by atoms with van der Waals surface area (Å²) in [6.07, 6.45) is 1.76. The van der Waals surface area contributed by atoms with Crippen LogP contribution in [0.5, 0.6) is 0 Å². The summed E-state index contributed by atoms with van der Waals surface area (Å²) >= 11 is 11.1. The number of nitrogens with zero attached hydrogens (tertiary/aromatic N) is 1. The minimum absolute atomic E-state index is 0.669. The molecule has 0 N–H and O–H groups in total. The largest absolute Gasteiger partial charge is 0.247 e. The minimum atomic E-state index is 0.669. The fraction of sp³-hybridized carbons (Fsp3) is 0.154. The molecule has 0 unspecified atom stereocenters. The van der Waals surface area contributed by atoms with E-state index in [2.05, 4.69) is 53.0 Å². The third-order valence-corrected chi connectivity index (χ3v) is 4.31. The molecular formula is C13H11BrClNS. The number of benzene rings is 1. The monoisotopic (exact) mass is 327 g/mol. The van der Waals surface area contributed by atoms with Crippen molar-refractivity contribution in [1.29, 1.82) is 0 Å². The van der Waals surface area contributed by atoms with Crippen molar-refractivity contribution in [2.45, 2.75) is 23.8 Å². The van der Waals surface area contributed by atoms with E-state index in [4.69, 9.17) is 11.6 Å². The summed E-state index contributed by atoms with van der Waals surface area (Å²) in [5, 5.41) is 1.50. The van der Waals surface area contributed by atoms with Crippen molar-refractivity contribution in [1.82, 2.24) is 4.98 Å². The van der Waals surface area contributed by atoms with Crippen molar-refractivity contribution >= 4 is 39.3 Å². The van der Waals surface area contributed by atoms with Crippen LogP contribution in [-0.2, 0) is 0 Å². The van der Waals surface area contributed by atoms with Gasteiger partial charge in [0.1, 0.15) is 5.03 Å². The summed E-state index contributed by atoms with van der Waals surface area (Å²) < 4.78 is 0.895. The van der Waals surface area contributed by atoms with Gasteiger partial charge in [-0.1, -0.05) is 29.4 Å². The Morgan fingerprint density at radius 3 is 2.59 bits per heavy atom. The quantitative estimate of drug-likeness (QED) is 0.745. The van der Waals surface area contributed by atoms with Crippen molar-refractivity contribution in [3.63, 3.8) is 0 Å². The topological polar surface area (TPSA) is 12.9 Å².